The van der Waals surface area contributed by atoms with Gasteiger partial charge in [-0.3, -0.25) is 9.69 Å². The fourth-order valence-electron chi connectivity index (χ4n) is 3.62. The third-order valence-corrected chi connectivity index (χ3v) is 5.11. The van der Waals surface area contributed by atoms with Crippen molar-refractivity contribution in [2.24, 2.45) is 0 Å². The number of halogens is 1. The van der Waals surface area contributed by atoms with Gasteiger partial charge in [0.1, 0.15) is 11.4 Å². The van der Waals surface area contributed by atoms with E-state index in [9.17, 15) is 14.0 Å². The van der Waals surface area contributed by atoms with Gasteiger partial charge in [-0.2, -0.15) is 0 Å². The van der Waals surface area contributed by atoms with Crippen molar-refractivity contribution in [1.82, 2.24) is 9.80 Å². The quantitative estimate of drug-likeness (QED) is 0.655. The predicted octanol–water partition coefficient (Wildman–Crippen LogP) is 3.20. The lowest BCUT2D eigenvalue weighted by molar-refractivity contribution is 0.0628. The third-order valence-electron chi connectivity index (χ3n) is 5.11. The maximum Gasteiger partial charge on any atom is 0.336 e. The van der Waals surface area contributed by atoms with Gasteiger partial charge in [-0.1, -0.05) is 18.2 Å². The largest absolute Gasteiger partial charge is 0.423 e. The van der Waals surface area contributed by atoms with E-state index in [2.05, 4.69) is 4.90 Å². The van der Waals surface area contributed by atoms with Crippen LogP contribution in [-0.4, -0.2) is 41.9 Å². The number of carbonyl (C=O) groups excluding carboxylic acids is 1. The number of aryl methyl sites for hydroxylation is 1. The van der Waals surface area contributed by atoms with Gasteiger partial charge in [0.2, 0.25) is 0 Å². The van der Waals surface area contributed by atoms with Crippen LogP contribution in [-0.2, 0) is 6.54 Å². The Morgan fingerprint density at radius 1 is 1.07 bits per heavy atom. The summed E-state index contributed by atoms with van der Waals surface area (Å²) in [7, 11) is 0. The van der Waals surface area contributed by atoms with Gasteiger partial charge in [-0.15, -0.1) is 0 Å². The zero-order chi connectivity index (χ0) is 19.7. The van der Waals surface area contributed by atoms with Gasteiger partial charge in [0.15, 0.2) is 0 Å². The Kier molecular flexibility index (Phi) is 4.96. The summed E-state index contributed by atoms with van der Waals surface area (Å²) in [6.45, 7) is 5.08. The Labute approximate surface area is 162 Å². The first-order valence-electron chi connectivity index (χ1n) is 9.30. The monoisotopic (exact) mass is 380 g/mol. The number of rotatable bonds is 3. The van der Waals surface area contributed by atoms with Crippen LogP contribution in [0.3, 0.4) is 0 Å². The van der Waals surface area contributed by atoms with Crippen molar-refractivity contribution in [2.45, 2.75) is 13.5 Å². The molecule has 1 aromatic heterocycles. The number of hydrogen-bond donors (Lipinski definition) is 0. The molecule has 0 saturated carbocycles. The second-order valence-corrected chi connectivity index (χ2v) is 7.17. The van der Waals surface area contributed by atoms with Crippen LogP contribution < -0.4 is 5.63 Å². The zero-order valence-corrected chi connectivity index (χ0v) is 15.7. The van der Waals surface area contributed by atoms with Gasteiger partial charge in [0.05, 0.1) is 0 Å². The normalized spacial score (nSPS) is 15.1. The Hall–Kier alpha value is -2.99. The van der Waals surface area contributed by atoms with E-state index in [1.54, 1.807) is 23.1 Å². The summed E-state index contributed by atoms with van der Waals surface area (Å²) in [6.07, 6.45) is 0. The molecule has 1 aliphatic heterocycles. The molecule has 0 N–H and O–H groups in total. The predicted molar refractivity (Wildman–Crippen MR) is 105 cm³/mol. The first-order valence-corrected chi connectivity index (χ1v) is 9.30. The van der Waals surface area contributed by atoms with Gasteiger partial charge < -0.3 is 9.32 Å². The molecular formula is C22H21FN2O3. The lowest BCUT2D eigenvalue weighted by Gasteiger charge is -2.35. The molecule has 0 spiro atoms. The number of piperazine rings is 1. The zero-order valence-electron chi connectivity index (χ0n) is 15.7. The van der Waals surface area contributed by atoms with E-state index >= 15 is 0 Å². The van der Waals surface area contributed by atoms with E-state index in [1.165, 1.54) is 12.1 Å². The van der Waals surface area contributed by atoms with Crippen LogP contribution in [0.1, 0.15) is 21.5 Å². The molecule has 0 aliphatic carbocycles. The van der Waals surface area contributed by atoms with E-state index in [4.69, 9.17) is 4.42 Å². The summed E-state index contributed by atoms with van der Waals surface area (Å²) in [5.41, 5.74) is 2.58. The molecule has 5 nitrogen and oxygen atoms in total. The Bertz CT molecular complexity index is 1080. The maximum atomic E-state index is 13.4. The van der Waals surface area contributed by atoms with Gasteiger partial charge in [-0.05, 0) is 42.3 Å². The van der Waals surface area contributed by atoms with E-state index in [1.807, 2.05) is 25.1 Å². The summed E-state index contributed by atoms with van der Waals surface area (Å²) in [4.78, 5) is 28.4. The standard InChI is InChI=1S/C22H21FN2O3/c1-15-5-6-19-17(13-21(26)28-20(19)11-15)14-24-7-9-25(10-8-24)22(27)16-3-2-4-18(23)12-16/h2-6,11-13H,7-10,14H2,1H3. The lowest BCUT2D eigenvalue weighted by atomic mass is 10.1. The Morgan fingerprint density at radius 2 is 1.86 bits per heavy atom. The highest BCUT2D eigenvalue weighted by Gasteiger charge is 2.23. The van der Waals surface area contributed by atoms with Gasteiger partial charge >= 0.3 is 5.63 Å². The number of nitrogens with zero attached hydrogens (tertiary/aromatic N) is 2. The minimum Gasteiger partial charge on any atom is -0.423 e. The molecule has 0 radical (unpaired) electrons. The fraction of sp³-hybridized carbons (Fsp3) is 0.273. The van der Waals surface area contributed by atoms with Crippen molar-refractivity contribution in [2.75, 3.05) is 26.2 Å². The highest BCUT2D eigenvalue weighted by molar-refractivity contribution is 5.94. The Morgan fingerprint density at radius 3 is 2.61 bits per heavy atom. The SMILES string of the molecule is Cc1ccc2c(CN3CCN(C(=O)c4cccc(F)c4)CC3)cc(=O)oc2c1. The summed E-state index contributed by atoms with van der Waals surface area (Å²) >= 11 is 0. The van der Waals surface area contributed by atoms with Gasteiger partial charge in [-0.25, -0.2) is 9.18 Å². The highest BCUT2D eigenvalue weighted by atomic mass is 19.1. The fourth-order valence-corrected chi connectivity index (χ4v) is 3.62. The molecule has 0 unspecified atom stereocenters. The third kappa shape index (κ3) is 3.82. The second kappa shape index (κ2) is 7.56. The van der Waals surface area contributed by atoms with Crippen LogP contribution in [0.2, 0.25) is 0 Å². The molecule has 1 fully saturated rings. The maximum absolute atomic E-state index is 13.4. The number of amides is 1. The second-order valence-electron chi connectivity index (χ2n) is 7.17. The summed E-state index contributed by atoms with van der Waals surface area (Å²) in [6, 6.07) is 13.2. The van der Waals surface area contributed by atoms with Crippen molar-refractivity contribution in [3.8, 4) is 0 Å². The van der Waals surface area contributed by atoms with Crippen molar-refractivity contribution in [3.63, 3.8) is 0 Å². The van der Waals surface area contributed by atoms with Crippen LogP contribution in [0.25, 0.3) is 11.0 Å². The molecule has 1 saturated heterocycles. The molecule has 1 aliphatic rings. The summed E-state index contributed by atoms with van der Waals surface area (Å²) in [5.74, 6) is -0.560. The van der Waals surface area contributed by atoms with Crippen LogP contribution >= 0.6 is 0 Å². The summed E-state index contributed by atoms with van der Waals surface area (Å²) in [5, 5.41) is 0.934. The minimum absolute atomic E-state index is 0.152. The van der Waals surface area contributed by atoms with Crippen LogP contribution in [0.15, 0.2) is 57.7 Å². The van der Waals surface area contributed by atoms with E-state index in [-0.39, 0.29) is 11.5 Å². The number of benzene rings is 2. The molecule has 3 aromatic rings. The van der Waals surface area contributed by atoms with Crippen molar-refractivity contribution < 1.29 is 13.6 Å². The molecule has 2 aromatic carbocycles. The molecular weight excluding hydrogens is 359 g/mol. The first-order chi connectivity index (χ1) is 13.5. The minimum atomic E-state index is -0.408. The van der Waals surface area contributed by atoms with Crippen LogP contribution in [0, 0.1) is 12.7 Å². The highest BCUT2D eigenvalue weighted by Crippen LogP contribution is 2.21. The van der Waals surface area contributed by atoms with Crippen molar-refractivity contribution in [1.29, 1.82) is 0 Å². The molecule has 0 bridgehead atoms. The van der Waals surface area contributed by atoms with Crippen molar-refractivity contribution in [3.05, 3.63) is 81.5 Å². The van der Waals surface area contributed by atoms with E-state index in [0.717, 1.165) is 16.5 Å². The molecule has 28 heavy (non-hydrogen) atoms. The topological polar surface area (TPSA) is 53.8 Å². The van der Waals surface area contributed by atoms with E-state index < -0.39 is 5.82 Å². The smallest absolute Gasteiger partial charge is 0.336 e. The van der Waals surface area contributed by atoms with Crippen LogP contribution in [0.4, 0.5) is 4.39 Å². The molecule has 0 atom stereocenters. The molecule has 2 heterocycles. The molecule has 6 heteroatoms. The first kappa shape index (κ1) is 18.4. The van der Waals surface area contributed by atoms with Gasteiger partial charge in [0.25, 0.3) is 5.91 Å². The van der Waals surface area contributed by atoms with E-state index in [0.29, 0.717) is 43.9 Å². The summed E-state index contributed by atoms with van der Waals surface area (Å²) < 4.78 is 18.7. The Balaban J connectivity index is 1.46. The van der Waals surface area contributed by atoms with Gasteiger partial charge in [0, 0.05) is 49.7 Å². The molecule has 1 amide bonds. The number of hydrogen-bond acceptors (Lipinski definition) is 4. The van der Waals surface area contributed by atoms with Crippen molar-refractivity contribution >= 4 is 16.9 Å². The number of fused-ring (bicyclic) bond motifs is 1. The average Bonchev–Trinajstić information content (AvgIpc) is 2.67. The average molecular weight is 380 g/mol. The van der Waals surface area contributed by atoms with Crippen LogP contribution in [0.5, 0.6) is 0 Å². The molecule has 4 rings (SSSR count). The molecule has 144 valence electrons. The lowest BCUT2D eigenvalue weighted by Crippen LogP contribution is -2.48. The number of carbonyl (C=O) groups is 1.